The molecule has 7 atom stereocenters. The number of esters is 2. The standard InChI is InChI=1S/C26H40O7S/c1-8-16(4)24(27)32-21-18(6)31-26(34-10-3)23(33-25(28)17(5)9-2)22(21)30-15-19-11-13-20(29-7)14-12-19/h11-14,16-18,21-23,26H,8-10,15H2,1-7H3/t16-,17-,18-,21-,22+,23+,26-/m0/s1. The largest absolute Gasteiger partial charge is 0.497 e. The van der Waals surface area contributed by atoms with Gasteiger partial charge in [0.25, 0.3) is 0 Å². The van der Waals surface area contributed by atoms with Crippen molar-refractivity contribution >= 4 is 23.7 Å². The van der Waals surface area contributed by atoms with Gasteiger partial charge in [-0.25, -0.2) is 0 Å². The second-order valence-electron chi connectivity index (χ2n) is 8.71. The van der Waals surface area contributed by atoms with E-state index in [-0.39, 0.29) is 30.4 Å². The topological polar surface area (TPSA) is 80.3 Å². The van der Waals surface area contributed by atoms with E-state index >= 15 is 0 Å². The van der Waals surface area contributed by atoms with Gasteiger partial charge in [0.05, 0.1) is 31.7 Å². The number of carbonyl (C=O) groups is 2. The number of ether oxygens (including phenoxy) is 5. The Morgan fingerprint density at radius 1 is 0.941 bits per heavy atom. The number of hydrogen-bond acceptors (Lipinski definition) is 8. The summed E-state index contributed by atoms with van der Waals surface area (Å²) < 4.78 is 29.7. The van der Waals surface area contributed by atoms with E-state index in [2.05, 4.69) is 0 Å². The van der Waals surface area contributed by atoms with Gasteiger partial charge in [-0.3, -0.25) is 9.59 Å². The van der Waals surface area contributed by atoms with Gasteiger partial charge in [0, 0.05) is 0 Å². The normalized spacial score (nSPS) is 26.4. The third-order valence-electron chi connectivity index (χ3n) is 6.19. The first-order valence-electron chi connectivity index (χ1n) is 12.2. The molecule has 1 heterocycles. The fraction of sp³-hybridized carbons (Fsp3) is 0.692. The highest BCUT2D eigenvalue weighted by molar-refractivity contribution is 7.99. The van der Waals surface area contributed by atoms with E-state index in [1.54, 1.807) is 18.9 Å². The van der Waals surface area contributed by atoms with E-state index in [9.17, 15) is 9.59 Å². The van der Waals surface area contributed by atoms with Gasteiger partial charge in [0.2, 0.25) is 0 Å². The van der Waals surface area contributed by atoms with Crippen LogP contribution in [-0.2, 0) is 35.1 Å². The maximum Gasteiger partial charge on any atom is 0.309 e. The van der Waals surface area contributed by atoms with Gasteiger partial charge in [0.15, 0.2) is 12.2 Å². The summed E-state index contributed by atoms with van der Waals surface area (Å²) in [6, 6.07) is 7.56. The van der Waals surface area contributed by atoms with Crippen molar-refractivity contribution in [3.63, 3.8) is 0 Å². The van der Waals surface area contributed by atoms with E-state index in [4.69, 9.17) is 23.7 Å². The van der Waals surface area contributed by atoms with Crippen LogP contribution in [0.3, 0.4) is 0 Å². The summed E-state index contributed by atoms with van der Waals surface area (Å²) in [7, 11) is 1.62. The number of benzene rings is 1. The zero-order valence-electron chi connectivity index (χ0n) is 21.4. The van der Waals surface area contributed by atoms with Crippen LogP contribution in [0.5, 0.6) is 5.75 Å². The molecule has 0 spiro atoms. The monoisotopic (exact) mass is 496 g/mol. The Balaban J connectivity index is 2.34. The van der Waals surface area contributed by atoms with Gasteiger partial charge < -0.3 is 23.7 Å². The predicted octanol–water partition coefficient (Wildman–Crippen LogP) is 4.99. The molecular weight excluding hydrogens is 456 g/mol. The van der Waals surface area contributed by atoms with Gasteiger partial charge in [-0.2, -0.15) is 0 Å². The maximum atomic E-state index is 12.8. The second kappa shape index (κ2) is 14.0. The van der Waals surface area contributed by atoms with Crippen LogP contribution in [0.15, 0.2) is 24.3 Å². The lowest BCUT2D eigenvalue weighted by Gasteiger charge is -2.44. The first-order chi connectivity index (χ1) is 16.2. The van der Waals surface area contributed by atoms with Crippen LogP contribution in [0.1, 0.15) is 59.9 Å². The first kappa shape index (κ1) is 28.5. The van der Waals surface area contributed by atoms with E-state index < -0.39 is 29.9 Å². The van der Waals surface area contributed by atoms with Crippen molar-refractivity contribution in [2.75, 3.05) is 12.9 Å². The molecule has 192 valence electrons. The fourth-order valence-corrected chi connectivity index (χ4v) is 4.48. The quantitative estimate of drug-likeness (QED) is 0.374. The molecule has 1 saturated heterocycles. The van der Waals surface area contributed by atoms with E-state index in [0.29, 0.717) is 12.8 Å². The third kappa shape index (κ3) is 7.62. The molecule has 0 amide bonds. The molecule has 1 aliphatic heterocycles. The molecule has 0 saturated carbocycles. The lowest BCUT2D eigenvalue weighted by atomic mass is 9.99. The molecule has 0 aliphatic carbocycles. The number of carbonyl (C=O) groups excluding carboxylic acids is 2. The van der Waals surface area contributed by atoms with Gasteiger partial charge in [0.1, 0.15) is 17.3 Å². The summed E-state index contributed by atoms with van der Waals surface area (Å²) in [6.07, 6.45) is -1.18. The van der Waals surface area contributed by atoms with Crippen LogP contribution < -0.4 is 4.74 Å². The summed E-state index contributed by atoms with van der Waals surface area (Å²) in [5.74, 6) is 0.404. The van der Waals surface area contributed by atoms with Crippen LogP contribution >= 0.6 is 11.8 Å². The fourth-order valence-electron chi connectivity index (χ4n) is 3.50. The molecule has 1 aliphatic rings. The van der Waals surface area contributed by atoms with Gasteiger partial charge >= 0.3 is 11.9 Å². The molecule has 7 nitrogen and oxygen atoms in total. The number of methoxy groups -OCH3 is 1. The highest BCUT2D eigenvalue weighted by atomic mass is 32.2. The van der Waals surface area contributed by atoms with Gasteiger partial charge in [-0.05, 0) is 43.2 Å². The molecule has 1 aromatic rings. The Morgan fingerprint density at radius 3 is 2.00 bits per heavy atom. The highest BCUT2D eigenvalue weighted by Crippen LogP contribution is 2.35. The lowest BCUT2D eigenvalue weighted by Crippen LogP contribution is -2.59. The summed E-state index contributed by atoms with van der Waals surface area (Å²) in [5, 5.41) is 0. The van der Waals surface area contributed by atoms with Crippen LogP contribution in [0.4, 0.5) is 0 Å². The summed E-state index contributed by atoms with van der Waals surface area (Å²) in [5.41, 5.74) is 0.506. The summed E-state index contributed by atoms with van der Waals surface area (Å²) in [6.45, 7) is 11.7. The molecule has 34 heavy (non-hydrogen) atoms. The van der Waals surface area contributed by atoms with Gasteiger partial charge in [-0.15, -0.1) is 11.8 Å². The highest BCUT2D eigenvalue weighted by Gasteiger charge is 2.49. The predicted molar refractivity (Wildman–Crippen MR) is 133 cm³/mol. The Morgan fingerprint density at radius 2 is 1.50 bits per heavy atom. The zero-order valence-corrected chi connectivity index (χ0v) is 22.3. The van der Waals surface area contributed by atoms with Crippen LogP contribution in [0.25, 0.3) is 0 Å². The van der Waals surface area contributed by atoms with Crippen molar-refractivity contribution in [3.8, 4) is 5.75 Å². The molecule has 8 heteroatoms. The summed E-state index contributed by atoms with van der Waals surface area (Å²) in [4.78, 5) is 25.5. The molecule has 0 bridgehead atoms. The molecule has 0 radical (unpaired) electrons. The van der Waals surface area contributed by atoms with E-state index in [1.165, 1.54) is 0 Å². The SMILES string of the molecule is CCS[C@@H]1O[C@@H](C)[C@H](OC(=O)[C@@H](C)CC)[C@@H](OCc2ccc(OC)cc2)[C@H]1OC(=O)[C@@H](C)CC. The second-order valence-corrected chi connectivity index (χ2v) is 10.1. The van der Waals surface area contributed by atoms with Crippen molar-refractivity contribution in [1.29, 1.82) is 0 Å². The van der Waals surface area contributed by atoms with Gasteiger partial charge in [-0.1, -0.05) is 46.8 Å². The number of thioether (sulfide) groups is 1. The molecule has 2 rings (SSSR count). The molecule has 1 fully saturated rings. The first-order valence-corrected chi connectivity index (χ1v) is 13.2. The Hall–Kier alpha value is -1.77. The average Bonchev–Trinajstić information content (AvgIpc) is 2.85. The Kier molecular flexibility index (Phi) is 11.7. The van der Waals surface area contributed by atoms with Crippen LogP contribution in [-0.4, -0.2) is 54.7 Å². The molecule has 0 N–H and O–H groups in total. The van der Waals surface area contributed by atoms with Crippen molar-refractivity contribution in [2.45, 2.75) is 90.8 Å². The molecule has 1 aromatic carbocycles. The minimum atomic E-state index is -0.712. The van der Waals surface area contributed by atoms with Crippen LogP contribution in [0, 0.1) is 11.8 Å². The van der Waals surface area contributed by atoms with E-state index in [1.807, 2.05) is 65.8 Å². The maximum absolute atomic E-state index is 12.8. The lowest BCUT2D eigenvalue weighted by molar-refractivity contribution is -0.236. The summed E-state index contributed by atoms with van der Waals surface area (Å²) >= 11 is 1.55. The molecule has 0 aromatic heterocycles. The van der Waals surface area contributed by atoms with Crippen LogP contribution in [0.2, 0.25) is 0 Å². The number of hydrogen-bond donors (Lipinski definition) is 0. The minimum Gasteiger partial charge on any atom is -0.497 e. The molecule has 0 unspecified atom stereocenters. The van der Waals surface area contributed by atoms with E-state index in [0.717, 1.165) is 17.1 Å². The van der Waals surface area contributed by atoms with Crippen molar-refractivity contribution < 1.29 is 33.3 Å². The van der Waals surface area contributed by atoms with Crippen molar-refractivity contribution in [1.82, 2.24) is 0 Å². The zero-order chi connectivity index (χ0) is 25.3. The minimum absolute atomic E-state index is 0.252. The molecular formula is C26H40O7S. The Bertz CT molecular complexity index is 769. The van der Waals surface area contributed by atoms with Crippen molar-refractivity contribution in [2.24, 2.45) is 11.8 Å². The smallest absolute Gasteiger partial charge is 0.309 e. The average molecular weight is 497 g/mol. The Labute approximate surface area is 208 Å². The van der Waals surface area contributed by atoms with Crippen molar-refractivity contribution in [3.05, 3.63) is 29.8 Å². The number of rotatable bonds is 12. The third-order valence-corrected chi connectivity index (χ3v) is 7.23.